The van der Waals surface area contributed by atoms with Crippen LogP contribution in [0, 0.1) is 0 Å². The Morgan fingerprint density at radius 2 is 1.70 bits per heavy atom. The second-order valence-corrected chi connectivity index (χ2v) is 7.79. The van der Waals surface area contributed by atoms with E-state index in [-0.39, 0.29) is 23.2 Å². The third-order valence-electron chi connectivity index (χ3n) is 5.74. The summed E-state index contributed by atoms with van der Waals surface area (Å²) in [5, 5.41) is 14.1. The highest BCUT2D eigenvalue weighted by atomic mass is 16.4. The highest BCUT2D eigenvalue weighted by Gasteiger charge is 2.20. The molecule has 6 nitrogen and oxygen atoms in total. The lowest BCUT2D eigenvalue weighted by Gasteiger charge is -2.11. The molecule has 2 unspecified atom stereocenters. The molecule has 0 saturated carbocycles. The molecule has 1 N–H and O–H groups in total. The monoisotopic (exact) mass is 407 g/mol. The number of aromatic nitrogens is 3. The Bertz CT molecular complexity index is 1080. The van der Waals surface area contributed by atoms with Gasteiger partial charge in [0.05, 0.1) is 18.2 Å². The van der Waals surface area contributed by atoms with Crippen molar-refractivity contribution in [3.8, 4) is 11.1 Å². The number of carboxylic acid groups (broad SMARTS) is 1. The van der Waals surface area contributed by atoms with Crippen molar-refractivity contribution in [3.63, 3.8) is 0 Å². The van der Waals surface area contributed by atoms with Crippen molar-refractivity contribution < 1.29 is 9.90 Å². The molecule has 1 aromatic heterocycles. The standard InChI is InChI=1S/C24H29N3O3/c1-5-16(3)22-25-27(17(4)6-2)24(30)26(22)15-18-11-13-19(14-12-18)20-9-7-8-10-21(20)23(28)29/h7-14,16-17H,5-6,15H2,1-4H3,(H,28,29). The summed E-state index contributed by atoms with van der Waals surface area (Å²) in [5.41, 5.74) is 2.68. The normalized spacial score (nSPS) is 13.2. The number of benzene rings is 2. The molecule has 3 rings (SSSR count). The molecule has 0 aliphatic rings. The van der Waals surface area contributed by atoms with E-state index in [2.05, 4.69) is 18.9 Å². The van der Waals surface area contributed by atoms with Gasteiger partial charge >= 0.3 is 11.7 Å². The fourth-order valence-electron chi connectivity index (χ4n) is 3.48. The van der Waals surface area contributed by atoms with Crippen LogP contribution in [-0.4, -0.2) is 25.4 Å². The zero-order valence-corrected chi connectivity index (χ0v) is 18.0. The highest BCUT2D eigenvalue weighted by molar-refractivity contribution is 5.95. The molecule has 0 bridgehead atoms. The third-order valence-corrected chi connectivity index (χ3v) is 5.74. The molecule has 2 aromatic carbocycles. The van der Waals surface area contributed by atoms with Crippen LogP contribution in [0.3, 0.4) is 0 Å². The molecule has 0 spiro atoms. The third kappa shape index (κ3) is 4.22. The van der Waals surface area contributed by atoms with E-state index < -0.39 is 5.97 Å². The minimum absolute atomic E-state index is 0.0523. The Hall–Kier alpha value is -3.15. The van der Waals surface area contributed by atoms with E-state index in [0.29, 0.717) is 12.1 Å². The molecule has 0 fully saturated rings. The molecule has 158 valence electrons. The van der Waals surface area contributed by atoms with Gasteiger partial charge in [0.2, 0.25) is 0 Å². The number of aromatic carboxylic acids is 1. The first-order valence-corrected chi connectivity index (χ1v) is 10.5. The van der Waals surface area contributed by atoms with E-state index in [1.54, 1.807) is 27.4 Å². The van der Waals surface area contributed by atoms with Crippen LogP contribution in [0.15, 0.2) is 53.3 Å². The lowest BCUT2D eigenvalue weighted by atomic mass is 9.98. The number of rotatable bonds is 8. The van der Waals surface area contributed by atoms with Crippen LogP contribution < -0.4 is 5.69 Å². The van der Waals surface area contributed by atoms with Crippen molar-refractivity contribution in [2.45, 2.75) is 59.0 Å². The molecule has 0 radical (unpaired) electrons. The van der Waals surface area contributed by atoms with Gasteiger partial charge in [-0.1, -0.05) is 63.2 Å². The summed E-state index contributed by atoms with van der Waals surface area (Å²) in [6, 6.07) is 14.7. The summed E-state index contributed by atoms with van der Waals surface area (Å²) in [6.45, 7) is 8.68. The smallest absolute Gasteiger partial charge is 0.346 e. The van der Waals surface area contributed by atoms with Crippen LogP contribution >= 0.6 is 0 Å². The van der Waals surface area contributed by atoms with E-state index >= 15 is 0 Å². The van der Waals surface area contributed by atoms with Crippen molar-refractivity contribution in [2.24, 2.45) is 0 Å². The van der Waals surface area contributed by atoms with E-state index in [1.807, 2.05) is 44.2 Å². The van der Waals surface area contributed by atoms with Crippen molar-refractivity contribution in [2.75, 3.05) is 0 Å². The van der Waals surface area contributed by atoms with Gasteiger partial charge in [0.25, 0.3) is 0 Å². The van der Waals surface area contributed by atoms with Crippen LogP contribution in [0.2, 0.25) is 0 Å². The lowest BCUT2D eigenvalue weighted by Crippen LogP contribution is -2.28. The van der Waals surface area contributed by atoms with E-state index in [1.165, 1.54) is 0 Å². The van der Waals surface area contributed by atoms with Gasteiger partial charge in [-0.25, -0.2) is 14.3 Å². The molecule has 6 heteroatoms. The van der Waals surface area contributed by atoms with Gasteiger partial charge in [-0.3, -0.25) is 4.57 Å². The maximum atomic E-state index is 13.0. The average Bonchev–Trinajstić information content (AvgIpc) is 3.09. The predicted molar refractivity (Wildman–Crippen MR) is 118 cm³/mol. The number of carboxylic acids is 1. The minimum Gasteiger partial charge on any atom is -0.478 e. The van der Waals surface area contributed by atoms with E-state index in [9.17, 15) is 14.7 Å². The predicted octanol–water partition coefficient (Wildman–Crippen LogP) is 4.94. The summed E-state index contributed by atoms with van der Waals surface area (Å²) in [4.78, 5) is 24.5. The Morgan fingerprint density at radius 3 is 2.30 bits per heavy atom. The molecular formula is C24H29N3O3. The summed E-state index contributed by atoms with van der Waals surface area (Å²) >= 11 is 0. The molecular weight excluding hydrogens is 378 g/mol. The molecule has 0 aliphatic heterocycles. The van der Waals surface area contributed by atoms with E-state index in [0.717, 1.165) is 29.8 Å². The molecule has 1 heterocycles. The lowest BCUT2D eigenvalue weighted by molar-refractivity contribution is 0.0697. The summed E-state index contributed by atoms with van der Waals surface area (Å²) < 4.78 is 3.36. The van der Waals surface area contributed by atoms with Gasteiger partial charge in [0, 0.05) is 5.92 Å². The van der Waals surface area contributed by atoms with Crippen LogP contribution in [0.5, 0.6) is 0 Å². The van der Waals surface area contributed by atoms with Crippen molar-refractivity contribution in [1.82, 2.24) is 14.3 Å². The Balaban J connectivity index is 1.95. The number of nitrogens with zero attached hydrogens (tertiary/aromatic N) is 3. The first-order valence-electron chi connectivity index (χ1n) is 10.5. The SMILES string of the molecule is CCC(C)c1nn(C(C)CC)c(=O)n1Cc1ccc(-c2ccccc2C(=O)O)cc1. The van der Waals surface area contributed by atoms with Gasteiger partial charge in [-0.2, -0.15) is 5.10 Å². The van der Waals surface area contributed by atoms with Gasteiger partial charge in [-0.05, 0) is 42.5 Å². The van der Waals surface area contributed by atoms with Crippen LogP contribution in [-0.2, 0) is 6.54 Å². The van der Waals surface area contributed by atoms with Crippen molar-refractivity contribution in [1.29, 1.82) is 0 Å². The topological polar surface area (TPSA) is 77.1 Å². The zero-order chi connectivity index (χ0) is 21.8. The van der Waals surface area contributed by atoms with Crippen LogP contribution in [0.25, 0.3) is 11.1 Å². The zero-order valence-electron chi connectivity index (χ0n) is 18.0. The second-order valence-electron chi connectivity index (χ2n) is 7.79. The minimum atomic E-state index is -0.947. The van der Waals surface area contributed by atoms with Crippen LogP contribution in [0.4, 0.5) is 0 Å². The van der Waals surface area contributed by atoms with Gasteiger partial charge < -0.3 is 5.11 Å². The van der Waals surface area contributed by atoms with E-state index in [4.69, 9.17) is 0 Å². The first-order chi connectivity index (χ1) is 14.4. The maximum Gasteiger partial charge on any atom is 0.346 e. The Kier molecular flexibility index (Phi) is 6.55. The molecule has 0 amide bonds. The quantitative estimate of drug-likeness (QED) is 0.574. The van der Waals surface area contributed by atoms with Crippen molar-refractivity contribution in [3.05, 3.63) is 76.0 Å². The summed E-state index contributed by atoms with van der Waals surface area (Å²) in [7, 11) is 0. The average molecular weight is 408 g/mol. The molecule has 30 heavy (non-hydrogen) atoms. The maximum absolute atomic E-state index is 13.0. The van der Waals surface area contributed by atoms with Gasteiger partial charge in [0.1, 0.15) is 5.82 Å². The molecule has 2 atom stereocenters. The fraction of sp³-hybridized carbons (Fsp3) is 0.375. The fourth-order valence-corrected chi connectivity index (χ4v) is 3.48. The number of carbonyl (C=O) groups is 1. The molecule has 0 saturated heterocycles. The summed E-state index contributed by atoms with van der Waals surface area (Å²) in [5.74, 6) is 0.0460. The largest absolute Gasteiger partial charge is 0.478 e. The first kappa shape index (κ1) is 21.6. The Labute approximate surface area is 176 Å². The number of hydrogen-bond donors (Lipinski definition) is 1. The molecule has 3 aromatic rings. The summed E-state index contributed by atoms with van der Waals surface area (Å²) in [6.07, 6.45) is 1.75. The molecule has 0 aliphatic carbocycles. The van der Waals surface area contributed by atoms with Crippen LogP contribution in [0.1, 0.15) is 74.2 Å². The van der Waals surface area contributed by atoms with Gasteiger partial charge in [-0.15, -0.1) is 0 Å². The second kappa shape index (κ2) is 9.11. The number of hydrogen-bond acceptors (Lipinski definition) is 3. The van der Waals surface area contributed by atoms with Gasteiger partial charge in [0.15, 0.2) is 0 Å². The van der Waals surface area contributed by atoms with Crippen molar-refractivity contribution >= 4 is 5.97 Å². The highest BCUT2D eigenvalue weighted by Crippen LogP contribution is 2.25. The Morgan fingerprint density at radius 1 is 1.03 bits per heavy atom.